The van der Waals surface area contributed by atoms with Gasteiger partial charge in [0.2, 0.25) is 0 Å². The van der Waals surface area contributed by atoms with Crippen molar-refractivity contribution in [3.8, 4) is 0 Å². The summed E-state index contributed by atoms with van der Waals surface area (Å²) in [6, 6.07) is -0.740. The standard InChI is InChI=1S/C59H101NO7/c1-6-8-10-12-14-16-18-20-22-24-26-28-29-30-32-34-36-38-40-42-44-46-48-50-58(62)67-55(53-65-52-51-56(59(63)64)60(3,4)5)54-66-57(61)49-47-45-43-41-39-37-35-33-31-27-25-23-21-19-17-15-13-11-9-7-2/h8,10,14,16,20,22,26,28,30,32,36,38,42,44,55-56H,6-7,9,11-13,15,17-19,21,23-25,27,29,31,33-35,37,39-41,43,45-54H2,1-5H3/b10-8+,16-14+,22-20+,28-26+,32-30+,38-36+,44-42+. The molecule has 0 N–H and O–H groups in total. The normalized spacial score (nSPS) is 13.5. The van der Waals surface area contributed by atoms with E-state index in [2.05, 4.69) is 98.9 Å². The third-order valence-corrected chi connectivity index (χ3v) is 11.8. The first-order valence-corrected chi connectivity index (χ1v) is 27.1. The van der Waals surface area contributed by atoms with Crippen LogP contribution >= 0.6 is 0 Å². The lowest BCUT2D eigenvalue weighted by Gasteiger charge is -2.34. The maximum absolute atomic E-state index is 12.8. The highest BCUT2D eigenvalue weighted by Crippen LogP contribution is 2.16. The molecule has 0 spiro atoms. The van der Waals surface area contributed by atoms with Crippen molar-refractivity contribution in [2.24, 2.45) is 0 Å². The Morgan fingerprint density at radius 1 is 0.463 bits per heavy atom. The maximum atomic E-state index is 12.8. The second-order valence-electron chi connectivity index (χ2n) is 19.1. The fourth-order valence-electron chi connectivity index (χ4n) is 7.65. The quantitative estimate of drug-likeness (QED) is 0.0259. The number of esters is 2. The van der Waals surface area contributed by atoms with Crippen LogP contribution in [0.25, 0.3) is 0 Å². The van der Waals surface area contributed by atoms with Crippen LogP contribution in [0, 0.1) is 0 Å². The van der Waals surface area contributed by atoms with Gasteiger partial charge in [-0.25, -0.2) is 0 Å². The third-order valence-electron chi connectivity index (χ3n) is 11.8. The molecule has 0 bridgehead atoms. The van der Waals surface area contributed by atoms with E-state index in [1.165, 1.54) is 109 Å². The molecule has 0 radical (unpaired) electrons. The van der Waals surface area contributed by atoms with Crippen LogP contribution in [0.1, 0.15) is 219 Å². The molecule has 0 aromatic heterocycles. The number of unbranched alkanes of at least 4 members (excludes halogenated alkanes) is 20. The summed E-state index contributed by atoms with van der Waals surface area (Å²) in [5.74, 6) is -1.81. The molecular weight excluding hydrogens is 835 g/mol. The van der Waals surface area contributed by atoms with Crippen molar-refractivity contribution in [2.75, 3.05) is 41.0 Å². The number of hydrogen-bond acceptors (Lipinski definition) is 7. The summed E-state index contributed by atoms with van der Waals surface area (Å²) < 4.78 is 17.2. The van der Waals surface area contributed by atoms with Crippen LogP contribution < -0.4 is 5.11 Å². The van der Waals surface area contributed by atoms with Crippen molar-refractivity contribution in [3.05, 3.63) is 85.1 Å². The number of aliphatic carboxylic acids is 1. The molecule has 0 heterocycles. The molecule has 0 fully saturated rings. The number of ether oxygens (including phenoxy) is 3. The van der Waals surface area contributed by atoms with E-state index in [0.29, 0.717) is 12.8 Å². The number of likely N-dealkylation sites (N-methyl/N-ethyl adjacent to an activating group) is 1. The molecule has 0 rings (SSSR count). The Bertz CT molecular complexity index is 1370. The molecule has 0 aliphatic carbocycles. The van der Waals surface area contributed by atoms with Gasteiger partial charge in [0, 0.05) is 19.3 Å². The highest BCUT2D eigenvalue weighted by molar-refractivity contribution is 5.70. The van der Waals surface area contributed by atoms with Crippen LogP contribution in [0.2, 0.25) is 0 Å². The van der Waals surface area contributed by atoms with Crippen LogP contribution in [0.4, 0.5) is 0 Å². The van der Waals surface area contributed by atoms with Gasteiger partial charge in [-0.2, -0.15) is 0 Å². The lowest BCUT2D eigenvalue weighted by atomic mass is 10.0. The summed E-state index contributed by atoms with van der Waals surface area (Å²) >= 11 is 0. The number of carboxylic acid groups (broad SMARTS) is 1. The highest BCUT2D eigenvalue weighted by Gasteiger charge is 2.25. The first kappa shape index (κ1) is 63.5. The number of nitrogens with zero attached hydrogens (tertiary/aromatic N) is 1. The van der Waals surface area contributed by atoms with Crippen molar-refractivity contribution in [1.82, 2.24) is 0 Å². The lowest BCUT2D eigenvalue weighted by molar-refractivity contribution is -0.889. The Morgan fingerprint density at radius 2 is 0.836 bits per heavy atom. The van der Waals surface area contributed by atoms with Crippen molar-refractivity contribution in [3.63, 3.8) is 0 Å². The van der Waals surface area contributed by atoms with E-state index in [1.807, 2.05) is 0 Å². The van der Waals surface area contributed by atoms with Gasteiger partial charge in [-0.15, -0.1) is 0 Å². The first-order valence-electron chi connectivity index (χ1n) is 27.1. The SMILES string of the molecule is CC/C=C/C/C=C/C/C=C/C/C=C/C/C=C/C/C=C/C/C=C/CCCC(=O)OC(COCCC(C(=O)[O-])[N+](C)(C)C)COC(=O)CCCCCCCCCCCCCCCCCCCCCC. The zero-order chi connectivity index (χ0) is 49.2. The highest BCUT2D eigenvalue weighted by atomic mass is 16.6. The van der Waals surface area contributed by atoms with Crippen LogP contribution in [0.15, 0.2) is 85.1 Å². The zero-order valence-electron chi connectivity index (χ0n) is 43.8. The number of carbonyl (C=O) groups excluding carboxylic acids is 3. The van der Waals surface area contributed by atoms with Gasteiger partial charge in [-0.05, 0) is 64.2 Å². The van der Waals surface area contributed by atoms with Gasteiger partial charge in [-0.1, -0.05) is 221 Å². The smallest absolute Gasteiger partial charge is 0.306 e. The Kier molecular flexibility index (Phi) is 46.4. The van der Waals surface area contributed by atoms with Crippen molar-refractivity contribution < 1.29 is 38.2 Å². The van der Waals surface area contributed by atoms with Crippen molar-refractivity contribution in [1.29, 1.82) is 0 Å². The molecule has 0 aromatic rings. The molecule has 2 atom stereocenters. The monoisotopic (exact) mass is 936 g/mol. The first-order chi connectivity index (χ1) is 32.6. The summed E-state index contributed by atoms with van der Waals surface area (Å²) in [6.07, 6.45) is 64.9. The number of carbonyl (C=O) groups is 3. The fourth-order valence-corrected chi connectivity index (χ4v) is 7.65. The minimum absolute atomic E-state index is 0.0150. The predicted octanol–water partition coefficient (Wildman–Crippen LogP) is 14.7. The number of carboxylic acids is 1. The van der Waals surface area contributed by atoms with E-state index < -0.39 is 18.1 Å². The molecule has 0 saturated heterocycles. The van der Waals surface area contributed by atoms with Crippen molar-refractivity contribution >= 4 is 17.9 Å². The molecule has 8 heteroatoms. The molecule has 0 aromatic carbocycles. The number of hydrogen-bond donors (Lipinski definition) is 0. The average Bonchev–Trinajstić information content (AvgIpc) is 3.29. The third kappa shape index (κ3) is 47.4. The number of rotatable bonds is 48. The Hall–Kier alpha value is -3.49. The van der Waals surface area contributed by atoms with E-state index in [4.69, 9.17) is 14.2 Å². The van der Waals surface area contributed by atoms with Gasteiger partial charge in [0.25, 0.3) is 0 Å². The fraction of sp³-hybridized carbons (Fsp3) is 0.712. The van der Waals surface area contributed by atoms with Gasteiger partial charge in [0.1, 0.15) is 12.6 Å². The molecule has 384 valence electrons. The summed E-state index contributed by atoms with van der Waals surface area (Å²) in [6.45, 7) is 4.51. The number of quaternary nitrogens is 1. The van der Waals surface area contributed by atoms with E-state index in [-0.39, 0.29) is 49.1 Å². The van der Waals surface area contributed by atoms with E-state index in [0.717, 1.165) is 70.6 Å². The molecule has 0 aliphatic heterocycles. The van der Waals surface area contributed by atoms with Crippen LogP contribution in [0.5, 0.6) is 0 Å². The molecule has 0 aliphatic rings. The Morgan fingerprint density at radius 3 is 1.22 bits per heavy atom. The summed E-state index contributed by atoms with van der Waals surface area (Å²) in [7, 11) is 5.39. The Balaban J connectivity index is 4.32. The van der Waals surface area contributed by atoms with E-state index in [1.54, 1.807) is 21.1 Å². The largest absolute Gasteiger partial charge is 0.544 e. The summed E-state index contributed by atoms with van der Waals surface area (Å²) in [5, 5.41) is 11.7. The van der Waals surface area contributed by atoms with Gasteiger partial charge in [0.15, 0.2) is 6.10 Å². The second kappa shape index (κ2) is 48.9. The van der Waals surface area contributed by atoms with E-state index in [9.17, 15) is 19.5 Å². The molecule has 2 unspecified atom stereocenters. The topological polar surface area (TPSA) is 102 Å². The Labute approximate surface area is 412 Å². The summed E-state index contributed by atoms with van der Waals surface area (Å²) in [4.78, 5) is 37.1. The molecule has 0 amide bonds. The molecular formula is C59H101NO7. The average molecular weight is 936 g/mol. The molecule has 67 heavy (non-hydrogen) atoms. The second-order valence-corrected chi connectivity index (χ2v) is 19.1. The molecule has 8 nitrogen and oxygen atoms in total. The predicted molar refractivity (Wildman–Crippen MR) is 282 cm³/mol. The molecule has 0 saturated carbocycles. The zero-order valence-corrected chi connectivity index (χ0v) is 43.8. The number of allylic oxidation sites excluding steroid dienone is 14. The van der Waals surface area contributed by atoms with Gasteiger partial charge in [-0.3, -0.25) is 9.59 Å². The minimum atomic E-state index is -1.13. The maximum Gasteiger partial charge on any atom is 0.306 e. The van der Waals surface area contributed by atoms with Crippen LogP contribution in [-0.2, 0) is 28.6 Å². The van der Waals surface area contributed by atoms with Crippen LogP contribution in [-0.4, -0.2) is 75.5 Å². The van der Waals surface area contributed by atoms with Gasteiger partial charge >= 0.3 is 11.9 Å². The van der Waals surface area contributed by atoms with Crippen LogP contribution in [0.3, 0.4) is 0 Å². The van der Waals surface area contributed by atoms with Gasteiger partial charge < -0.3 is 28.6 Å². The summed E-state index contributed by atoms with van der Waals surface area (Å²) in [5.41, 5.74) is 0. The minimum Gasteiger partial charge on any atom is -0.544 e. The van der Waals surface area contributed by atoms with Crippen molar-refractivity contribution in [2.45, 2.75) is 231 Å². The van der Waals surface area contributed by atoms with Gasteiger partial charge in [0.05, 0.1) is 40.3 Å². The lowest BCUT2D eigenvalue weighted by Crippen LogP contribution is -2.55. The van der Waals surface area contributed by atoms with E-state index >= 15 is 0 Å².